The molecule has 1 N–H and O–H groups in total. The van der Waals surface area contributed by atoms with E-state index in [-0.39, 0.29) is 23.2 Å². The van der Waals surface area contributed by atoms with Crippen LogP contribution in [0.1, 0.15) is 58.3 Å². The molecule has 0 bridgehead atoms. The second kappa shape index (κ2) is 4.77. The fourth-order valence-corrected chi connectivity index (χ4v) is 6.54. The molecular weight excluding hydrogens is 276 g/mol. The fourth-order valence-electron chi connectivity index (χ4n) is 6.54. The summed E-state index contributed by atoms with van der Waals surface area (Å²) in [5, 5.41) is 10.4. The van der Waals surface area contributed by atoms with Crippen molar-refractivity contribution < 1.29 is 14.7 Å². The summed E-state index contributed by atoms with van der Waals surface area (Å²) in [6.45, 7) is 2.36. The Balaban J connectivity index is 1.75. The van der Waals surface area contributed by atoms with E-state index in [1.807, 2.05) is 6.08 Å². The van der Waals surface area contributed by atoms with Crippen LogP contribution in [0.15, 0.2) is 11.6 Å². The molecular formula is C19H26O3. The van der Waals surface area contributed by atoms with Crippen LogP contribution in [0.25, 0.3) is 0 Å². The lowest BCUT2D eigenvalue weighted by atomic mass is 9.45. The smallest absolute Gasteiger partial charge is 0.155 e. The van der Waals surface area contributed by atoms with Gasteiger partial charge in [-0.2, -0.15) is 0 Å². The molecule has 1 unspecified atom stereocenters. The molecule has 0 spiro atoms. The SMILES string of the molecule is C[C@]12CC[C@@H]3[C@H]4CCC(=O)C=C4CCC3(CO)[C@@H]1CCC2=O. The number of ketones is 2. The molecule has 3 heteroatoms. The van der Waals surface area contributed by atoms with Crippen LogP contribution >= 0.6 is 0 Å². The van der Waals surface area contributed by atoms with Crippen molar-refractivity contribution in [2.75, 3.05) is 6.61 Å². The van der Waals surface area contributed by atoms with Gasteiger partial charge in [-0.1, -0.05) is 12.5 Å². The number of hydrogen-bond donors (Lipinski definition) is 1. The molecule has 3 nitrogen and oxygen atoms in total. The highest BCUT2D eigenvalue weighted by molar-refractivity contribution is 5.91. The summed E-state index contributed by atoms with van der Waals surface area (Å²) in [5.41, 5.74) is 1.05. The van der Waals surface area contributed by atoms with Crippen molar-refractivity contribution in [3.05, 3.63) is 11.6 Å². The van der Waals surface area contributed by atoms with Crippen molar-refractivity contribution in [3.63, 3.8) is 0 Å². The predicted octanol–water partition coefficient (Wildman–Crippen LogP) is 3.06. The molecule has 0 aliphatic heterocycles. The molecule has 4 aliphatic carbocycles. The zero-order chi connectivity index (χ0) is 15.5. The minimum absolute atomic E-state index is 0.0818. The summed E-state index contributed by atoms with van der Waals surface area (Å²) in [5.74, 6) is 1.98. The maximum absolute atomic E-state index is 12.5. The van der Waals surface area contributed by atoms with Crippen molar-refractivity contribution in [2.24, 2.45) is 28.6 Å². The molecule has 3 saturated carbocycles. The van der Waals surface area contributed by atoms with Gasteiger partial charge >= 0.3 is 0 Å². The Morgan fingerprint density at radius 2 is 1.95 bits per heavy atom. The van der Waals surface area contributed by atoms with Crippen molar-refractivity contribution >= 4 is 11.6 Å². The molecule has 22 heavy (non-hydrogen) atoms. The maximum Gasteiger partial charge on any atom is 0.155 e. The van der Waals surface area contributed by atoms with E-state index in [4.69, 9.17) is 0 Å². The second-order valence-corrected chi connectivity index (χ2v) is 8.30. The zero-order valence-electron chi connectivity index (χ0n) is 13.4. The Bertz CT molecular complexity index is 563. The van der Waals surface area contributed by atoms with Gasteiger partial charge in [0, 0.05) is 30.3 Å². The molecule has 0 saturated heterocycles. The molecule has 0 amide bonds. The second-order valence-electron chi connectivity index (χ2n) is 8.30. The molecule has 0 aromatic carbocycles. The first-order valence-corrected chi connectivity index (χ1v) is 8.89. The fraction of sp³-hybridized carbons (Fsp3) is 0.789. The number of allylic oxidation sites excluding steroid dienone is 1. The summed E-state index contributed by atoms with van der Waals surface area (Å²) in [6.07, 6.45) is 9.06. The normalized spacial score (nSPS) is 47.5. The standard InChI is InChI=1S/C19H26O3/c1-18-8-7-15-14-3-2-13(21)10-12(14)6-9-19(15,11-20)16(18)4-5-17(18)22/h10,14-16,20H,2-9,11H2,1H3/t14-,15+,16+,18-,19?/m0/s1. The van der Waals surface area contributed by atoms with Gasteiger partial charge in [0.2, 0.25) is 0 Å². The van der Waals surface area contributed by atoms with E-state index >= 15 is 0 Å². The third-order valence-electron chi connectivity index (χ3n) is 7.66. The minimum Gasteiger partial charge on any atom is -0.396 e. The van der Waals surface area contributed by atoms with Crippen molar-refractivity contribution in [3.8, 4) is 0 Å². The van der Waals surface area contributed by atoms with E-state index in [0.717, 1.165) is 38.5 Å². The Hall–Kier alpha value is -0.960. The Labute approximate surface area is 132 Å². The summed E-state index contributed by atoms with van der Waals surface area (Å²) in [4.78, 5) is 24.2. The quantitative estimate of drug-likeness (QED) is 0.810. The molecule has 4 aliphatic rings. The average molecular weight is 302 g/mol. The summed E-state index contributed by atoms with van der Waals surface area (Å²) in [7, 11) is 0. The third kappa shape index (κ3) is 1.72. The zero-order valence-corrected chi connectivity index (χ0v) is 13.4. The lowest BCUT2D eigenvalue weighted by Crippen LogP contribution is -2.56. The molecule has 4 rings (SSSR count). The number of hydrogen-bond acceptors (Lipinski definition) is 3. The van der Waals surface area contributed by atoms with E-state index in [0.29, 0.717) is 36.4 Å². The van der Waals surface area contributed by atoms with Gasteiger partial charge in [0.25, 0.3) is 0 Å². The topological polar surface area (TPSA) is 54.4 Å². The van der Waals surface area contributed by atoms with Crippen molar-refractivity contribution in [1.82, 2.24) is 0 Å². The molecule has 5 atom stereocenters. The van der Waals surface area contributed by atoms with Gasteiger partial charge in [-0.05, 0) is 62.4 Å². The largest absolute Gasteiger partial charge is 0.396 e. The summed E-state index contributed by atoms with van der Waals surface area (Å²) < 4.78 is 0. The third-order valence-corrected chi connectivity index (χ3v) is 7.66. The lowest BCUT2D eigenvalue weighted by Gasteiger charge is -2.59. The van der Waals surface area contributed by atoms with Gasteiger partial charge in [0.05, 0.1) is 0 Å². The van der Waals surface area contributed by atoms with Crippen LogP contribution in [0.4, 0.5) is 0 Å². The Morgan fingerprint density at radius 1 is 1.14 bits per heavy atom. The van der Waals surface area contributed by atoms with Crippen LogP contribution in [0.2, 0.25) is 0 Å². The van der Waals surface area contributed by atoms with Crippen LogP contribution in [-0.4, -0.2) is 23.3 Å². The monoisotopic (exact) mass is 302 g/mol. The number of carbonyl (C=O) groups excluding carboxylic acids is 2. The highest BCUT2D eigenvalue weighted by atomic mass is 16.3. The number of Topliss-reactive ketones (excluding diaryl/α,β-unsaturated/α-hetero) is 1. The Kier molecular flexibility index (Phi) is 3.17. The molecule has 3 fully saturated rings. The van der Waals surface area contributed by atoms with E-state index in [1.54, 1.807) is 0 Å². The highest BCUT2D eigenvalue weighted by Crippen LogP contribution is 2.66. The molecule has 0 aromatic heterocycles. The van der Waals surface area contributed by atoms with E-state index in [2.05, 4.69) is 6.92 Å². The van der Waals surface area contributed by atoms with Gasteiger partial charge in [-0.25, -0.2) is 0 Å². The predicted molar refractivity (Wildman–Crippen MR) is 83.1 cm³/mol. The van der Waals surface area contributed by atoms with Crippen molar-refractivity contribution in [2.45, 2.75) is 58.3 Å². The average Bonchev–Trinajstić information content (AvgIpc) is 2.82. The Morgan fingerprint density at radius 3 is 2.73 bits per heavy atom. The van der Waals surface area contributed by atoms with Crippen LogP contribution in [0.3, 0.4) is 0 Å². The van der Waals surface area contributed by atoms with Gasteiger partial charge in [-0.15, -0.1) is 0 Å². The molecule has 0 radical (unpaired) electrons. The number of aliphatic hydroxyl groups excluding tert-OH is 1. The number of aliphatic hydroxyl groups is 1. The van der Waals surface area contributed by atoms with Crippen LogP contribution in [-0.2, 0) is 9.59 Å². The van der Waals surface area contributed by atoms with E-state index < -0.39 is 0 Å². The van der Waals surface area contributed by atoms with E-state index in [9.17, 15) is 14.7 Å². The first-order valence-electron chi connectivity index (χ1n) is 8.89. The van der Waals surface area contributed by atoms with Crippen molar-refractivity contribution in [1.29, 1.82) is 0 Å². The number of carbonyl (C=O) groups is 2. The van der Waals surface area contributed by atoms with Gasteiger partial charge < -0.3 is 5.11 Å². The first-order chi connectivity index (χ1) is 10.5. The molecule has 0 aromatic rings. The van der Waals surface area contributed by atoms with Gasteiger partial charge in [0.15, 0.2) is 5.78 Å². The maximum atomic E-state index is 12.5. The van der Waals surface area contributed by atoms with Gasteiger partial charge in [0.1, 0.15) is 5.78 Å². The van der Waals surface area contributed by atoms with Gasteiger partial charge in [-0.3, -0.25) is 9.59 Å². The van der Waals surface area contributed by atoms with Crippen LogP contribution in [0, 0.1) is 28.6 Å². The first kappa shape index (κ1) is 14.6. The molecule has 120 valence electrons. The highest BCUT2D eigenvalue weighted by Gasteiger charge is 2.63. The summed E-state index contributed by atoms with van der Waals surface area (Å²) >= 11 is 0. The lowest BCUT2D eigenvalue weighted by molar-refractivity contribution is -0.145. The molecule has 0 heterocycles. The number of rotatable bonds is 1. The van der Waals surface area contributed by atoms with Crippen LogP contribution in [0.5, 0.6) is 0 Å². The number of fused-ring (bicyclic) bond motifs is 5. The van der Waals surface area contributed by atoms with Crippen LogP contribution < -0.4 is 0 Å². The minimum atomic E-state index is -0.203. The summed E-state index contributed by atoms with van der Waals surface area (Å²) in [6, 6.07) is 0. The van der Waals surface area contributed by atoms with E-state index in [1.165, 1.54) is 5.57 Å².